The van der Waals surface area contributed by atoms with E-state index in [1.54, 1.807) is 0 Å². The van der Waals surface area contributed by atoms with Crippen molar-refractivity contribution in [3.05, 3.63) is 33.9 Å². The van der Waals surface area contributed by atoms with Crippen LogP contribution in [0.3, 0.4) is 0 Å². The molecule has 1 aromatic rings. The summed E-state index contributed by atoms with van der Waals surface area (Å²) in [6, 6.07) is 5.15. The minimum atomic E-state index is -4.21. The van der Waals surface area contributed by atoms with Crippen LogP contribution in [0.1, 0.15) is 31.2 Å². The van der Waals surface area contributed by atoms with Gasteiger partial charge in [0.25, 0.3) is 5.69 Å². The van der Waals surface area contributed by atoms with Crippen molar-refractivity contribution < 1.29 is 18.1 Å². The summed E-state index contributed by atoms with van der Waals surface area (Å²) in [6.45, 7) is 0. The third kappa shape index (κ3) is 3.67. The van der Waals surface area contributed by atoms with Crippen LogP contribution >= 0.6 is 0 Å². The van der Waals surface area contributed by atoms with Crippen LogP contribution < -0.4 is 5.32 Å². The Morgan fingerprint density at radius 3 is 2.68 bits per heavy atom. The molecule has 5 nitrogen and oxygen atoms in total. The Balaban J connectivity index is 2.13. The van der Waals surface area contributed by atoms with Gasteiger partial charge in [-0.2, -0.15) is 18.4 Å². The predicted molar refractivity (Wildman–Crippen MR) is 73.2 cm³/mol. The van der Waals surface area contributed by atoms with Crippen molar-refractivity contribution in [2.24, 2.45) is 5.92 Å². The van der Waals surface area contributed by atoms with Crippen LogP contribution in [-0.4, -0.2) is 17.1 Å². The SMILES string of the molecule is N#Cc1cc([N+](=O)[O-])ccc1N[C@H]1CCC[C@@H](C(F)(F)F)C1. The molecule has 0 aliphatic heterocycles. The Bertz CT molecular complexity index is 610. The van der Waals surface area contributed by atoms with Crippen LogP contribution in [0.2, 0.25) is 0 Å². The normalized spacial score (nSPS) is 21.9. The zero-order valence-corrected chi connectivity index (χ0v) is 11.6. The largest absolute Gasteiger partial charge is 0.391 e. The van der Waals surface area contributed by atoms with Crippen molar-refractivity contribution in [3.8, 4) is 6.07 Å². The molecule has 1 N–H and O–H groups in total. The zero-order valence-electron chi connectivity index (χ0n) is 11.6. The van der Waals surface area contributed by atoms with Crippen molar-refractivity contribution in [1.29, 1.82) is 5.26 Å². The molecule has 1 aromatic carbocycles. The lowest BCUT2D eigenvalue weighted by Gasteiger charge is -2.31. The molecule has 1 saturated carbocycles. The van der Waals surface area contributed by atoms with Crippen molar-refractivity contribution in [2.75, 3.05) is 5.32 Å². The summed E-state index contributed by atoms with van der Waals surface area (Å²) < 4.78 is 38.4. The van der Waals surface area contributed by atoms with E-state index < -0.39 is 23.1 Å². The Morgan fingerprint density at radius 2 is 2.09 bits per heavy atom. The quantitative estimate of drug-likeness (QED) is 0.675. The first-order chi connectivity index (χ1) is 10.3. The number of anilines is 1. The molecule has 22 heavy (non-hydrogen) atoms. The first-order valence-electron chi connectivity index (χ1n) is 6.83. The Hall–Kier alpha value is -2.30. The molecule has 0 bridgehead atoms. The fourth-order valence-electron chi connectivity index (χ4n) is 2.70. The third-order valence-electron chi connectivity index (χ3n) is 3.83. The molecule has 8 heteroatoms. The van der Waals surface area contributed by atoms with Crippen molar-refractivity contribution in [1.82, 2.24) is 0 Å². The highest BCUT2D eigenvalue weighted by atomic mass is 19.4. The second-order valence-corrected chi connectivity index (χ2v) is 5.35. The lowest BCUT2D eigenvalue weighted by Crippen LogP contribution is -2.34. The van der Waals surface area contributed by atoms with Crippen molar-refractivity contribution in [2.45, 2.75) is 37.9 Å². The summed E-state index contributed by atoms with van der Waals surface area (Å²) >= 11 is 0. The third-order valence-corrected chi connectivity index (χ3v) is 3.83. The molecule has 0 spiro atoms. The predicted octanol–water partition coefficient (Wildman–Crippen LogP) is 4.00. The number of nitriles is 1. The zero-order chi connectivity index (χ0) is 16.3. The smallest absolute Gasteiger partial charge is 0.381 e. The molecule has 0 aromatic heterocycles. The first-order valence-corrected chi connectivity index (χ1v) is 6.83. The Kier molecular flexibility index (Phi) is 4.54. The molecule has 2 rings (SSSR count). The first kappa shape index (κ1) is 16.1. The number of benzene rings is 1. The number of nitro groups is 1. The molecular formula is C14H14F3N3O2. The molecule has 0 amide bonds. The number of hydrogen-bond acceptors (Lipinski definition) is 4. The van der Waals surface area contributed by atoms with Gasteiger partial charge in [-0.1, -0.05) is 6.42 Å². The second kappa shape index (κ2) is 6.22. The summed E-state index contributed by atoms with van der Waals surface area (Å²) in [7, 11) is 0. The van der Waals surface area contributed by atoms with E-state index in [0.717, 1.165) is 6.07 Å². The molecule has 0 saturated heterocycles. The highest BCUT2D eigenvalue weighted by Gasteiger charge is 2.42. The monoisotopic (exact) mass is 313 g/mol. The molecule has 1 aliphatic rings. The second-order valence-electron chi connectivity index (χ2n) is 5.35. The summed E-state index contributed by atoms with van der Waals surface area (Å²) in [5, 5.41) is 22.6. The number of alkyl halides is 3. The van der Waals surface area contributed by atoms with Gasteiger partial charge in [-0.3, -0.25) is 10.1 Å². The minimum Gasteiger partial charge on any atom is -0.381 e. The van der Waals surface area contributed by atoms with Crippen LogP contribution in [0.4, 0.5) is 24.5 Å². The number of non-ortho nitro benzene ring substituents is 1. The molecule has 118 valence electrons. The van der Waals surface area contributed by atoms with E-state index in [2.05, 4.69) is 5.32 Å². The van der Waals surface area contributed by atoms with Crippen LogP contribution in [-0.2, 0) is 0 Å². The number of nitrogens with one attached hydrogen (secondary N) is 1. The van der Waals surface area contributed by atoms with Gasteiger partial charge < -0.3 is 5.32 Å². The highest BCUT2D eigenvalue weighted by Crippen LogP contribution is 2.38. The van der Waals surface area contributed by atoms with Gasteiger partial charge in [0.05, 0.1) is 22.1 Å². The van der Waals surface area contributed by atoms with Crippen LogP contribution in [0.15, 0.2) is 18.2 Å². The summed E-state index contributed by atoms with van der Waals surface area (Å²) in [5.74, 6) is -1.35. The van der Waals surface area contributed by atoms with Crippen molar-refractivity contribution >= 4 is 11.4 Å². The number of halogens is 3. The maximum atomic E-state index is 12.8. The topological polar surface area (TPSA) is 79.0 Å². The molecule has 0 heterocycles. The molecule has 2 atom stereocenters. The van der Waals surface area contributed by atoms with Gasteiger partial charge in [0, 0.05) is 18.2 Å². The van der Waals surface area contributed by atoms with E-state index in [-0.39, 0.29) is 24.1 Å². The highest BCUT2D eigenvalue weighted by molar-refractivity contribution is 5.61. The number of nitrogens with zero attached hydrogens (tertiary/aromatic N) is 2. The fourth-order valence-corrected chi connectivity index (χ4v) is 2.70. The van der Waals surface area contributed by atoms with Gasteiger partial charge in [0.15, 0.2) is 0 Å². The number of hydrogen-bond donors (Lipinski definition) is 1. The average Bonchev–Trinajstić information content (AvgIpc) is 2.47. The molecule has 0 radical (unpaired) electrons. The van der Waals surface area contributed by atoms with Crippen LogP contribution in [0.5, 0.6) is 0 Å². The van der Waals surface area contributed by atoms with E-state index in [9.17, 15) is 23.3 Å². The molecule has 1 aliphatic carbocycles. The van der Waals surface area contributed by atoms with Gasteiger partial charge >= 0.3 is 6.18 Å². The maximum Gasteiger partial charge on any atom is 0.391 e. The summed E-state index contributed by atoms with van der Waals surface area (Å²) in [5.41, 5.74) is 0.170. The lowest BCUT2D eigenvalue weighted by atomic mass is 9.85. The fraction of sp³-hybridized carbons (Fsp3) is 0.500. The van der Waals surface area contributed by atoms with E-state index in [0.29, 0.717) is 18.5 Å². The van der Waals surface area contributed by atoms with E-state index in [1.807, 2.05) is 6.07 Å². The van der Waals surface area contributed by atoms with E-state index in [1.165, 1.54) is 12.1 Å². The van der Waals surface area contributed by atoms with Gasteiger partial charge in [-0.25, -0.2) is 0 Å². The van der Waals surface area contributed by atoms with E-state index >= 15 is 0 Å². The summed E-state index contributed by atoms with van der Waals surface area (Å²) in [4.78, 5) is 10.1. The van der Waals surface area contributed by atoms with E-state index in [4.69, 9.17) is 5.26 Å². The minimum absolute atomic E-state index is 0.0502. The maximum absolute atomic E-state index is 12.8. The number of rotatable bonds is 3. The molecule has 1 fully saturated rings. The standard InChI is InChI=1S/C14H14F3N3O2/c15-14(16,17)10-2-1-3-11(7-10)19-13-5-4-12(20(21)22)6-9(13)8-18/h4-6,10-11,19H,1-3,7H2/t10-,11+/m1/s1. The van der Waals surface area contributed by atoms with Gasteiger partial charge in [0.1, 0.15) is 6.07 Å². The van der Waals surface area contributed by atoms with Gasteiger partial charge in [-0.05, 0) is 25.3 Å². The van der Waals surface area contributed by atoms with Crippen LogP contribution in [0.25, 0.3) is 0 Å². The molecular weight excluding hydrogens is 299 g/mol. The van der Waals surface area contributed by atoms with Crippen LogP contribution in [0, 0.1) is 27.4 Å². The summed E-state index contributed by atoms with van der Waals surface area (Å²) in [6.07, 6.45) is -3.11. The van der Waals surface area contributed by atoms with Gasteiger partial charge in [0.2, 0.25) is 0 Å². The average molecular weight is 313 g/mol. The van der Waals surface area contributed by atoms with Crippen molar-refractivity contribution in [3.63, 3.8) is 0 Å². The van der Waals surface area contributed by atoms with Gasteiger partial charge in [-0.15, -0.1) is 0 Å². The Morgan fingerprint density at radius 1 is 1.36 bits per heavy atom. The lowest BCUT2D eigenvalue weighted by molar-refractivity contribution is -0.384. The number of nitro benzene ring substituents is 1. The molecule has 0 unspecified atom stereocenters. The Labute approximate surface area is 124 Å².